The molecule has 0 amide bonds. The van der Waals surface area contributed by atoms with Gasteiger partial charge in [-0.2, -0.15) is 10.2 Å². The number of fused-ring (bicyclic) bond motifs is 2. The van der Waals surface area contributed by atoms with Crippen LogP contribution in [0.5, 0.6) is 0 Å². The molecule has 0 spiro atoms. The third kappa shape index (κ3) is 4.19. The van der Waals surface area contributed by atoms with Gasteiger partial charge in [0, 0.05) is 47.7 Å². The SMILES string of the molecule is CCOC(=O)C1CCN(c2ccc(-n3nc(-c4cccc5nn(C)cc45)c4ccc(Cl)c(C)c43)cn2)CC1. The van der Waals surface area contributed by atoms with Crippen LogP contribution < -0.4 is 4.90 Å². The van der Waals surface area contributed by atoms with Crippen molar-refractivity contribution in [2.45, 2.75) is 26.7 Å². The number of carbonyl (C=O) groups excluding carboxylic acids is 1. The van der Waals surface area contributed by atoms with E-state index in [1.54, 1.807) is 0 Å². The highest BCUT2D eigenvalue weighted by atomic mass is 35.5. The molecule has 2 aromatic carbocycles. The molecule has 0 saturated carbocycles. The molecule has 0 bridgehead atoms. The Morgan fingerprint density at radius 3 is 2.63 bits per heavy atom. The second-order valence-electron chi connectivity index (χ2n) is 9.76. The smallest absolute Gasteiger partial charge is 0.309 e. The van der Waals surface area contributed by atoms with E-state index in [9.17, 15) is 4.79 Å². The van der Waals surface area contributed by atoms with Crippen LogP contribution in [-0.4, -0.2) is 50.2 Å². The average molecular weight is 529 g/mol. The van der Waals surface area contributed by atoms with E-state index in [2.05, 4.69) is 16.1 Å². The van der Waals surface area contributed by atoms with E-state index in [4.69, 9.17) is 26.4 Å². The number of carbonyl (C=O) groups is 1. The molecule has 1 aliphatic heterocycles. The molecular weight excluding hydrogens is 500 g/mol. The average Bonchev–Trinajstić information content (AvgIpc) is 3.51. The Balaban J connectivity index is 1.37. The minimum absolute atomic E-state index is 0.0312. The Labute approximate surface area is 225 Å². The number of hydrogen-bond donors (Lipinski definition) is 0. The topological polar surface area (TPSA) is 78.1 Å². The van der Waals surface area contributed by atoms with E-state index in [0.717, 1.165) is 76.1 Å². The van der Waals surface area contributed by atoms with Crippen molar-refractivity contribution < 1.29 is 9.53 Å². The Morgan fingerprint density at radius 1 is 1.08 bits per heavy atom. The summed E-state index contributed by atoms with van der Waals surface area (Å²) < 4.78 is 8.96. The summed E-state index contributed by atoms with van der Waals surface area (Å²) in [6.45, 7) is 5.84. The van der Waals surface area contributed by atoms with Crippen molar-refractivity contribution >= 4 is 45.2 Å². The Kier molecular flexibility index (Phi) is 6.27. The summed E-state index contributed by atoms with van der Waals surface area (Å²) >= 11 is 6.57. The molecule has 0 unspecified atom stereocenters. The Hall–Kier alpha value is -3.91. The van der Waals surface area contributed by atoms with Crippen LogP contribution >= 0.6 is 11.6 Å². The number of nitrogens with zero attached hydrogens (tertiary/aromatic N) is 6. The largest absolute Gasteiger partial charge is 0.466 e. The van der Waals surface area contributed by atoms with E-state index in [1.165, 1.54) is 0 Å². The number of piperidine rings is 1. The lowest BCUT2D eigenvalue weighted by Crippen LogP contribution is -2.37. The van der Waals surface area contributed by atoms with E-state index < -0.39 is 0 Å². The second kappa shape index (κ2) is 9.76. The fourth-order valence-electron chi connectivity index (χ4n) is 5.39. The molecule has 5 aromatic rings. The predicted molar refractivity (Wildman–Crippen MR) is 150 cm³/mol. The van der Waals surface area contributed by atoms with Gasteiger partial charge in [-0.25, -0.2) is 9.67 Å². The first-order valence-electron chi connectivity index (χ1n) is 12.9. The zero-order chi connectivity index (χ0) is 26.4. The van der Waals surface area contributed by atoms with Gasteiger partial charge in [0.2, 0.25) is 0 Å². The first kappa shape index (κ1) is 24.4. The number of pyridine rings is 1. The van der Waals surface area contributed by atoms with Crippen molar-refractivity contribution in [1.82, 2.24) is 24.5 Å². The number of anilines is 1. The summed E-state index contributed by atoms with van der Waals surface area (Å²) in [6.07, 6.45) is 5.42. The summed E-state index contributed by atoms with van der Waals surface area (Å²) in [6, 6.07) is 14.1. The molecule has 6 rings (SSSR count). The van der Waals surface area contributed by atoms with Crippen LogP contribution in [0.15, 0.2) is 54.9 Å². The van der Waals surface area contributed by atoms with Crippen LogP contribution in [0, 0.1) is 12.8 Å². The molecule has 1 fully saturated rings. The van der Waals surface area contributed by atoms with Crippen LogP contribution in [-0.2, 0) is 16.6 Å². The van der Waals surface area contributed by atoms with Gasteiger partial charge in [0.05, 0.1) is 35.4 Å². The number of halogens is 1. The highest BCUT2D eigenvalue weighted by molar-refractivity contribution is 6.32. The maximum atomic E-state index is 12.1. The van der Waals surface area contributed by atoms with Gasteiger partial charge in [0.15, 0.2) is 0 Å². The summed E-state index contributed by atoms with van der Waals surface area (Å²) in [5.41, 5.74) is 5.61. The summed E-state index contributed by atoms with van der Waals surface area (Å²) in [7, 11) is 1.93. The third-order valence-corrected chi connectivity index (χ3v) is 7.78. The molecule has 0 aliphatic carbocycles. The molecule has 1 aliphatic rings. The predicted octanol–water partition coefficient (Wildman–Crippen LogP) is 5.72. The number of benzene rings is 2. The van der Waals surface area contributed by atoms with E-state index in [-0.39, 0.29) is 11.9 Å². The van der Waals surface area contributed by atoms with Crippen molar-refractivity contribution in [2.75, 3.05) is 24.6 Å². The van der Waals surface area contributed by atoms with Crippen molar-refractivity contribution in [3.63, 3.8) is 0 Å². The van der Waals surface area contributed by atoms with Crippen LogP contribution in [0.3, 0.4) is 0 Å². The van der Waals surface area contributed by atoms with Crippen LogP contribution in [0.1, 0.15) is 25.3 Å². The third-order valence-electron chi connectivity index (χ3n) is 7.37. The van der Waals surface area contributed by atoms with E-state index in [1.807, 2.05) is 79.1 Å². The van der Waals surface area contributed by atoms with Gasteiger partial charge in [-0.3, -0.25) is 9.48 Å². The fourth-order valence-corrected chi connectivity index (χ4v) is 5.54. The van der Waals surface area contributed by atoms with E-state index in [0.29, 0.717) is 11.6 Å². The molecule has 0 N–H and O–H groups in total. The highest BCUT2D eigenvalue weighted by Crippen LogP contribution is 2.37. The van der Waals surface area contributed by atoms with Crippen LogP contribution in [0.4, 0.5) is 5.82 Å². The van der Waals surface area contributed by atoms with Gasteiger partial charge in [0.25, 0.3) is 0 Å². The molecule has 0 atom stereocenters. The zero-order valence-corrected chi connectivity index (χ0v) is 22.4. The quantitative estimate of drug-likeness (QED) is 0.272. The second-order valence-corrected chi connectivity index (χ2v) is 10.2. The van der Waals surface area contributed by atoms with Gasteiger partial charge >= 0.3 is 5.97 Å². The first-order chi connectivity index (χ1) is 18.4. The van der Waals surface area contributed by atoms with Crippen molar-refractivity contribution in [3.8, 4) is 16.9 Å². The minimum atomic E-state index is -0.0900. The Morgan fingerprint density at radius 2 is 1.89 bits per heavy atom. The molecule has 8 nitrogen and oxygen atoms in total. The lowest BCUT2D eigenvalue weighted by molar-refractivity contribution is -0.148. The first-order valence-corrected chi connectivity index (χ1v) is 13.3. The maximum Gasteiger partial charge on any atom is 0.309 e. The lowest BCUT2D eigenvalue weighted by atomic mass is 9.97. The molecule has 9 heteroatoms. The molecule has 38 heavy (non-hydrogen) atoms. The van der Waals surface area contributed by atoms with Gasteiger partial charge in [-0.1, -0.05) is 23.7 Å². The van der Waals surface area contributed by atoms with Gasteiger partial charge in [-0.15, -0.1) is 0 Å². The Bertz CT molecular complexity index is 1650. The monoisotopic (exact) mass is 528 g/mol. The number of rotatable bonds is 5. The molecule has 3 aromatic heterocycles. The van der Waals surface area contributed by atoms with E-state index >= 15 is 0 Å². The fraction of sp³-hybridized carbons (Fsp3) is 0.310. The standard InChI is InChI=1S/C29H29ClN6O2/c1-4-38-29(37)19-12-14-35(15-13-19)26-11-8-20(16-31-26)36-28-18(2)24(30)10-9-22(28)27(33-36)21-6-5-7-25-23(21)17-34(3)32-25/h5-11,16-17,19H,4,12-15H2,1-3H3. The summed E-state index contributed by atoms with van der Waals surface area (Å²) in [5, 5.41) is 12.4. The van der Waals surface area contributed by atoms with Crippen LogP contribution in [0.2, 0.25) is 5.02 Å². The molecule has 1 saturated heterocycles. The van der Waals surface area contributed by atoms with Crippen molar-refractivity contribution in [2.24, 2.45) is 13.0 Å². The molecule has 194 valence electrons. The summed E-state index contributed by atoms with van der Waals surface area (Å²) in [5.74, 6) is 0.770. The maximum absolute atomic E-state index is 12.1. The van der Waals surface area contributed by atoms with Crippen molar-refractivity contribution in [1.29, 1.82) is 0 Å². The van der Waals surface area contributed by atoms with Gasteiger partial charge in [0.1, 0.15) is 11.5 Å². The number of aromatic nitrogens is 5. The minimum Gasteiger partial charge on any atom is -0.466 e. The summed E-state index contributed by atoms with van der Waals surface area (Å²) in [4.78, 5) is 19.1. The molecule has 4 heterocycles. The molecular formula is C29H29ClN6O2. The number of aryl methyl sites for hydroxylation is 2. The number of esters is 1. The van der Waals surface area contributed by atoms with Crippen molar-refractivity contribution in [3.05, 3.63) is 65.4 Å². The van der Waals surface area contributed by atoms with Gasteiger partial charge in [-0.05, 0) is 62.6 Å². The zero-order valence-electron chi connectivity index (χ0n) is 21.7. The number of ether oxygens (including phenoxy) is 1. The van der Waals surface area contributed by atoms with Gasteiger partial charge < -0.3 is 9.64 Å². The lowest BCUT2D eigenvalue weighted by Gasteiger charge is -2.31. The van der Waals surface area contributed by atoms with Crippen LogP contribution in [0.25, 0.3) is 38.8 Å². The molecule has 0 radical (unpaired) electrons. The normalized spacial score (nSPS) is 14.5. The highest BCUT2D eigenvalue weighted by Gasteiger charge is 2.27. The number of hydrogen-bond acceptors (Lipinski definition) is 6.